The lowest BCUT2D eigenvalue weighted by atomic mass is 10.0. The third kappa shape index (κ3) is 3.23. The van der Waals surface area contributed by atoms with Crippen molar-refractivity contribution in [2.75, 3.05) is 41.1 Å². The molecular formula is C13H20ClNO4. The summed E-state index contributed by atoms with van der Waals surface area (Å²) in [5.41, 5.74) is 1.02. The molecule has 1 heterocycles. The van der Waals surface area contributed by atoms with E-state index in [9.17, 15) is 0 Å². The molecule has 0 radical (unpaired) electrons. The van der Waals surface area contributed by atoms with Crippen molar-refractivity contribution in [1.29, 1.82) is 0 Å². The molecule has 1 aromatic rings. The topological polar surface area (TPSA) is 49.0 Å². The summed E-state index contributed by atoms with van der Waals surface area (Å²) in [6, 6.07) is 3.98. The van der Waals surface area contributed by atoms with Crippen LogP contribution in [0.25, 0.3) is 0 Å². The third-order valence-electron chi connectivity index (χ3n) is 3.03. The highest BCUT2D eigenvalue weighted by Crippen LogP contribution is 2.42. The van der Waals surface area contributed by atoms with Crippen LogP contribution in [-0.4, -0.2) is 41.1 Å². The highest BCUT2D eigenvalue weighted by molar-refractivity contribution is 5.85. The Morgan fingerprint density at radius 2 is 1.84 bits per heavy atom. The molecule has 0 aliphatic carbocycles. The SMILES string of the molecule is COc1ccc([C@@H]2COCCN2)c(OC)c1OC.Cl. The summed E-state index contributed by atoms with van der Waals surface area (Å²) in [4.78, 5) is 0. The molecule has 1 aliphatic heterocycles. The predicted molar refractivity (Wildman–Crippen MR) is 74.9 cm³/mol. The largest absolute Gasteiger partial charge is 0.493 e. The van der Waals surface area contributed by atoms with E-state index in [1.807, 2.05) is 12.1 Å². The van der Waals surface area contributed by atoms with E-state index in [1.54, 1.807) is 21.3 Å². The summed E-state index contributed by atoms with van der Waals surface area (Å²) in [5, 5.41) is 3.40. The minimum absolute atomic E-state index is 0. The number of hydrogen-bond acceptors (Lipinski definition) is 5. The standard InChI is InChI=1S/C13H19NO4.ClH/c1-15-11-5-4-9(10-8-18-7-6-14-10)12(16-2)13(11)17-3;/h4-5,10,14H,6-8H2,1-3H3;1H/t10-;/m0./s1. The second-order valence-electron chi connectivity index (χ2n) is 4.01. The highest BCUT2D eigenvalue weighted by atomic mass is 35.5. The molecule has 0 unspecified atom stereocenters. The molecule has 0 bridgehead atoms. The zero-order valence-corrected chi connectivity index (χ0v) is 12.2. The van der Waals surface area contributed by atoms with Gasteiger partial charge >= 0.3 is 0 Å². The van der Waals surface area contributed by atoms with Gasteiger partial charge in [0.15, 0.2) is 11.5 Å². The normalized spacial score (nSPS) is 18.4. The van der Waals surface area contributed by atoms with E-state index in [1.165, 1.54) is 0 Å². The van der Waals surface area contributed by atoms with Crippen molar-refractivity contribution in [3.8, 4) is 17.2 Å². The van der Waals surface area contributed by atoms with Gasteiger partial charge in [0.25, 0.3) is 0 Å². The van der Waals surface area contributed by atoms with Crippen molar-refractivity contribution in [3.63, 3.8) is 0 Å². The van der Waals surface area contributed by atoms with Gasteiger partial charge in [-0.15, -0.1) is 12.4 Å². The first-order valence-corrected chi connectivity index (χ1v) is 5.91. The Bertz CT molecular complexity index is 408. The highest BCUT2D eigenvalue weighted by Gasteiger charge is 2.23. The molecular weight excluding hydrogens is 270 g/mol. The Morgan fingerprint density at radius 1 is 1.11 bits per heavy atom. The van der Waals surface area contributed by atoms with Crippen LogP contribution in [0.4, 0.5) is 0 Å². The Kier molecular flexibility index (Phi) is 6.21. The van der Waals surface area contributed by atoms with E-state index in [0.29, 0.717) is 23.9 Å². The van der Waals surface area contributed by atoms with Crippen LogP contribution in [0.1, 0.15) is 11.6 Å². The van der Waals surface area contributed by atoms with Crippen molar-refractivity contribution in [1.82, 2.24) is 5.32 Å². The number of ether oxygens (including phenoxy) is 4. The van der Waals surface area contributed by atoms with E-state index < -0.39 is 0 Å². The first kappa shape index (κ1) is 15.9. The average molecular weight is 290 g/mol. The van der Waals surface area contributed by atoms with Gasteiger partial charge in [0.05, 0.1) is 40.6 Å². The zero-order valence-electron chi connectivity index (χ0n) is 11.4. The Balaban J connectivity index is 0.00000180. The molecule has 19 heavy (non-hydrogen) atoms. The minimum atomic E-state index is 0. The van der Waals surface area contributed by atoms with E-state index in [2.05, 4.69) is 5.32 Å². The van der Waals surface area contributed by atoms with Crippen molar-refractivity contribution in [3.05, 3.63) is 17.7 Å². The van der Waals surface area contributed by atoms with E-state index in [-0.39, 0.29) is 18.4 Å². The molecule has 0 aromatic heterocycles. The molecule has 108 valence electrons. The fourth-order valence-corrected chi connectivity index (χ4v) is 2.16. The van der Waals surface area contributed by atoms with Gasteiger partial charge in [-0.25, -0.2) is 0 Å². The van der Waals surface area contributed by atoms with Crippen LogP contribution >= 0.6 is 12.4 Å². The average Bonchev–Trinajstić information content (AvgIpc) is 2.46. The lowest BCUT2D eigenvalue weighted by Crippen LogP contribution is -2.34. The summed E-state index contributed by atoms with van der Waals surface area (Å²) >= 11 is 0. The van der Waals surface area contributed by atoms with Crippen LogP contribution in [-0.2, 0) is 4.74 Å². The smallest absolute Gasteiger partial charge is 0.203 e. The van der Waals surface area contributed by atoms with Gasteiger partial charge in [-0.2, -0.15) is 0 Å². The molecule has 1 aliphatic rings. The van der Waals surface area contributed by atoms with Crippen LogP contribution < -0.4 is 19.5 Å². The van der Waals surface area contributed by atoms with Crippen molar-refractivity contribution < 1.29 is 18.9 Å². The van der Waals surface area contributed by atoms with Crippen LogP contribution in [0.15, 0.2) is 12.1 Å². The number of nitrogens with one attached hydrogen (secondary N) is 1. The second kappa shape index (κ2) is 7.43. The van der Waals surface area contributed by atoms with Crippen molar-refractivity contribution in [2.45, 2.75) is 6.04 Å². The van der Waals surface area contributed by atoms with E-state index >= 15 is 0 Å². The summed E-state index contributed by atoms with van der Waals surface area (Å²) < 4.78 is 21.6. The van der Waals surface area contributed by atoms with Gasteiger partial charge in [-0.1, -0.05) is 0 Å². The minimum Gasteiger partial charge on any atom is -0.493 e. The zero-order chi connectivity index (χ0) is 13.0. The molecule has 6 heteroatoms. The van der Waals surface area contributed by atoms with Gasteiger partial charge in [-0.3, -0.25) is 0 Å². The van der Waals surface area contributed by atoms with Crippen LogP contribution in [0, 0.1) is 0 Å². The number of morpholine rings is 1. The van der Waals surface area contributed by atoms with Gasteiger partial charge in [0.2, 0.25) is 5.75 Å². The molecule has 2 rings (SSSR count). The number of rotatable bonds is 4. The summed E-state index contributed by atoms with van der Waals surface area (Å²) in [7, 11) is 4.85. The second-order valence-corrected chi connectivity index (χ2v) is 4.01. The van der Waals surface area contributed by atoms with Gasteiger partial charge in [0, 0.05) is 12.1 Å². The molecule has 1 aromatic carbocycles. The Hall–Kier alpha value is -1.17. The lowest BCUT2D eigenvalue weighted by molar-refractivity contribution is 0.0759. The fraction of sp³-hybridized carbons (Fsp3) is 0.538. The number of hydrogen-bond donors (Lipinski definition) is 1. The molecule has 1 atom stereocenters. The quantitative estimate of drug-likeness (QED) is 0.916. The monoisotopic (exact) mass is 289 g/mol. The van der Waals surface area contributed by atoms with Gasteiger partial charge < -0.3 is 24.3 Å². The maximum atomic E-state index is 5.48. The van der Waals surface area contributed by atoms with Crippen LogP contribution in [0.3, 0.4) is 0 Å². The number of methoxy groups -OCH3 is 3. The molecule has 0 saturated carbocycles. The Morgan fingerprint density at radius 3 is 2.37 bits per heavy atom. The first-order chi connectivity index (χ1) is 8.81. The van der Waals surface area contributed by atoms with E-state index in [0.717, 1.165) is 18.7 Å². The summed E-state index contributed by atoms with van der Waals surface area (Å²) in [6.45, 7) is 2.21. The number of benzene rings is 1. The molecule has 1 N–H and O–H groups in total. The lowest BCUT2D eigenvalue weighted by Gasteiger charge is -2.26. The maximum Gasteiger partial charge on any atom is 0.203 e. The molecule has 0 amide bonds. The van der Waals surface area contributed by atoms with Crippen LogP contribution in [0.2, 0.25) is 0 Å². The first-order valence-electron chi connectivity index (χ1n) is 5.91. The van der Waals surface area contributed by atoms with E-state index in [4.69, 9.17) is 18.9 Å². The molecule has 5 nitrogen and oxygen atoms in total. The van der Waals surface area contributed by atoms with Crippen molar-refractivity contribution >= 4 is 12.4 Å². The third-order valence-corrected chi connectivity index (χ3v) is 3.03. The van der Waals surface area contributed by atoms with Crippen molar-refractivity contribution in [2.24, 2.45) is 0 Å². The van der Waals surface area contributed by atoms with Gasteiger partial charge in [0.1, 0.15) is 0 Å². The molecule has 1 saturated heterocycles. The number of halogens is 1. The summed E-state index contributed by atoms with van der Waals surface area (Å²) in [5.74, 6) is 1.97. The molecule has 0 spiro atoms. The Labute approximate surface area is 119 Å². The maximum absolute atomic E-state index is 5.48. The predicted octanol–water partition coefficient (Wildman–Crippen LogP) is 1.80. The van der Waals surface area contributed by atoms with Crippen LogP contribution in [0.5, 0.6) is 17.2 Å². The summed E-state index contributed by atoms with van der Waals surface area (Å²) in [6.07, 6.45) is 0. The fourth-order valence-electron chi connectivity index (χ4n) is 2.16. The molecule has 1 fully saturated rings. The van der Waals surface area contributed by atoms with Gasteiger partial charge in [-0.05, 0) is 12.1 Å².